The molecular weight excluding hydrogens is 275 g/mol. The summed E-state index contributed by atoms with van der Waals surface area (Å²) in [4.78, 5) is 6.51. The van der Waals surface area contributed by atoms with Crippen molar-refractivity contribution in [3.63, 3.8) is 0 Å². The van der Waals surface area contributed by atoms with Crippen LogP contribution in [0.15, 0.2) is 6.07 Å². The molecule has 0 aliphatic heterocycles. The summed E-state index contributed by atoms with van der Waals surface area (Å²) in [6.45, 7) is -0.188. The van der Waals surface area contributed by atoms with Gasteiger partial charge in [0.2, 0.25) is 16.0 Å². The van der Waals surface area contributed by atoms with Crippen molar-refractivity contribution < 1.29 is 21.6 Å². The summed E-state index contributed by atoms with van der Waals surface area (Å²) in [5.41, 5.74) is 3.89. The molecule has 0 amide bonds. The molecule has 0 saturated heterocycles. The van der Waals surface area contributed by atoms with Crippen LogP contribution in [0.2, 0.25) is 0 Å². The maximum Gasteiger partial charge on any atom is 0.433 e. The lowest BCUT2D eigenvalue weighted by Gasteiger charge is -2.09. The van der Waals surface area contributed by atoms with E-state index in [9.17, 15) is 21.6 Å². The number of primary sulfonamides is 1. The summed E-state index contributed by atoms with van der Waals surface area (Å²) in [6.07, 6.45) is -4.66. The fraction of sp³-hybridized carbons (Fsp3) is 0.429. The SMILES string of the molecule is Nc1nc(NCCS(N)(=O)=O)cc(C(F)(F)F)n1. The summed E-state index contributed by atoms with van der Waals surface area (Å²) in [6, 6.07) is 0.625. The van der Waals surface area contributed by atoms with Gasteiger partial charge in [0.15, 0.2) is 5.69 Å². The Bertz CT molecular complexity index is 530. The minimum atomic E-state index is -4.66. The van der Waals surface area contributed by atoms with Crippen LogP contribution in [0.3, 0.4) is 0 Å². The van der Waals surface area contributed by atoms with Crippen molar-refractivity contribution in [3.8, 4) is 0 Å². The van der Waals surface area contributed by atoms with E-state index in [0.717, 1.165) is 0 Å². The Morgan fingerprint density at radius 1 is 1.33 bits per heavy atom. The lowest BCUT2D eigenvalue weighted by molar-refractivity contribution is -0.141. The molecule has 0 aromatic carbocycles. The summed E-state index contributed by atoms with van der Waals surface area (Å²) in [5, 5.41) is 7.09. The van der Waals surface area contributed by atoms with Crippen molar-refractivity contribution in [3.05, 3.63) is 11.8 Å². The zero-order valence-electron chi connectivity index (χ0n) is 8.90. The number of sulfonamides is 1. The van der Waals surface area contributed by atoms with Gasteiger partial charge in [-0.1, -0.05) is 0 Å². The Morgan fingerprint density at radius 2 is 1.94 bits per heavy atom. The van der Waals surface area contributed by atoms with Crippen LogP contribution in [0.4, 0.5) is 24.9 Å². The maximum absolute atomic E-state index is 12.4. The van der Waals surface area contributed by atoms with Crippen molar-refractivity contribution in [2.75, 3.05) is 23.3 Å². The molecule has 0 fully saturated rings. The molecule has 0 bridgehead atoms. The topological polar surface area (TPSA) is 124 Å². The summed E-state index contributed by atoms with van der Waals surface area (Å²) < 4.78 is 58.3. The highest BCUT2D eigenvalue weighted by Gasteiger charge is 2.33. The average Bonchev–Trinajstić information content (AvgIpc) is 2.13. The third-order valence-electron chi connectivity index (χ3n) is 1.73. The molecule has 1 aromatic rings. The molecule has 5 N–H and O–H groups in total. The van der Waals surface area contributed by atoms with E-state index in [-0.39, 0.29) is 12.4 Å². The van der Waals surface area contributed by atoms with Gasteiger partial charge in [-0.15, -0.1) is 0 Å². The van der Waals surface area contributed by atoms with Gasteiger partial charge < -0.3 is 11.1 Å². The first kappa shape index (κ1) is 14.4. The minimum absolute atomic E-state index is 0.188. The van der Waals surface area contributed by atoms with E-state index in [2.05, 4.69) is 15.3 Å². The molecule has 0 atom stereocenters. The van der Waals surface area contributed by atoms with Crippen LogP contribution < -0.4 is 16.2 Å². The second-order valence-electron chi connectivity index (χ2n) is 3.29. The molecule has 0 spiro atoms. The van der Waals surface area contributed by atoms with E-state index >= 15 is 0 Å². The highest BCUT2D eigenvalue weighted by atomic mass is 32.2. The van der Waals surface area contributed by atoms with Crippen LogP contribution in [0.1, 0.15) is 5.69 Å². The number of aromatic nitrogens is 2. The molecule has 0 unspecified atom stereocenters. The number of nitrogens with zero attached hydrogens (tertiary/aromatic N) is 2. The molecule has 7 nitrogen and oxygen atoms in total. The maximum atomic E-state index is 12.4. The predicted octanol–water partition coefficient (Wildman–Crippen LogP) is -0.222. The average molecular weight is 285 g/mol. The standard InChI is InChI=1S/C7H10F3N5O2S/c8-7(9,10)4-3-5(15-6(11)14-4)13-1-2-18(12,16)17/h3H,1-2H2,(H2,12,16,17)(H3,11,13,14,15). The normalized spacial score (nSPS) is 12.4. The molecular formula is C7H10F3N5O2S. The van der Waals surface area contributed by atoms with Gasteiger partial charge in [0.1, 0.15) is 5.82 Å². The highest BCUT2D eigenvalue weighted by Crippen LogP contribution is 2.29. The molecule has 0 aliphatic rings. The van der Waals surface area contributed by atoms with Crippen LogP contribution in [0.5, 0.6) is 0 Å². The van der Waals surface area contributed by atoms with E-state index in [1.54, 1.807) is 0 Å². The van der Waals surface area contributed by atoms with Gasteiger partial charge in [0.05, 0.1) is 5.75 Å². The first-order chi connectivity index (χ1) is 8.08. The first-order valence-electron chi connectivity index (χ1n) is 4.54. The van der Waals surface area contributed by atoms with Gasteiger partial charge in [-0.05, 0) is 0 Å². The van der Waals surface area contributed by atoms with Crippen molar-refractivity contribution in [1.29, 1.82) is 0 Å². The fourth-order valence-electron chi connectivity index (χ4n) is 1.02. The molecule has 0 aliphatic carbocycles. The number of halogens is 3. The Hall–Kier alpha value is -1.62. The van der Waals surface area contributed by atoms with Crippen LogP contribution in [-0.4, -0.2) is 30.7 Å². The van der Waals surface area contributed by atoms with Crippen molar-refractivity contribution in [2.45, 2.75) is 6.18 Å². The van der Waals surface area contributed by atoms with E-state index in [1.807, 2.05) is 0 Å². The van der Waals surface area contributed by atoms with Gasteiger partial charge in [-0.3, -0.25) is 0 Å². The quantitative estimate of drug-likeness (QED) is 0.702. The molecule has 102 valence electrons. The van der Waals surface area contributed by atoms with E-state index in [0.29, 0.717) is 6.07 Å². The third kappa shape index (κ3) is 4.71. The van der Waals surface area contributed by atoms with Crippen LogP contribution in [0.25, 0.3) is 0 Å². The molecule has 1 rings (SSSR count). The van der Waals surface area contributed by atoms with Crippen molar-refractivity contribution in [2.24, 2.45) is 5.14 Å². The van der Waals surface area contributed by atoms with E-state index < -0.39 is 33.6 Å². The zero-order valence-corrected chi connectivity index (χ0v) is 9.72. The Balaban J connectivity index is 2.81. The zero-order chi connectivity index (χ0) is 14.0. The number of anilines is 2. The number of nitrogens with one attached hydrogen (secondary N) is 1. The smallest absolute Gasteiger partial charge is 0.369 e. The van der Waals surface area contributed by atoms with Gasteiger partial charge in [0.25, 0.3) is 0 Å². The van der Waals surface area contributed by atoms with Crippen molar-refractivity contribution >= 4 is 21.8 Å². The molecule has 1 aromatic heterocycles. The highest BCUT2D eigenvalue weighted by molar-refractivity contribution is 7.89. The number of hydrogen-bond donors (Lipinski definition) is 3. The minimum Gasteiger partial charge on any atom is -0.369 e. The predicted molar refractivity (Wildman–Crippen MR) is 57.9 cm³/mol. The number of nitrogens with two attached hydrogens (primary N) is 2. The molecule has 1 heterocycles. The van der Waals surface area contributed by atoms with Crippen molar-refractivity contribution in [1.82, 2.24) is 9.97 Å². The second kappa shape index (κ2) is 4.94. The van der Waals surface area contributed by atoms with E-state index in [4.69, 9.17) is 10.9 Å². The second-order valence-corrected chi connectivity index (χ2v) is 5.02. The summed E-state index contributed by atoms with van der Waals surface area (Å²) in [5.74, 6) is -1.24. The Labute approximate surface area is 100 Å². The fourth-order valence-corrected chi connectivity index (χ4v) is 1.41. The summed E-state index contributed by atoms with van der Waals surface area (Å²) in [7, 11) is -3.70. The molecule has 18 heavy (non-hydrogen) atoms. The van der Waals surface area contributed by atoms with Crippen LogP contribution in [0, 0.1) is 0 Å². The lowest BCUT2D eigenvalue weighted by Crippen LogP contribution is -2.23. The Morgan fingerprint density at radius 3 is 2.44 bits per heavy atom. The molecule has 0 saturated carbocycles. The van der Waals surface area contributed by atoms with Gasteiger partial charge in [-0.25, -0.2) is 18.5 Å². The third-order valence-corrected chi connectivity index (χ3v) is 2.50. The number of hydrogen-bond acceptors (Lipinski definition) is 6. The van der Waals surface area contributed by atoms with Gasteiger partial charge >= 0.3 is 6.18 Å². The Kier molecular flexibility index (Phi) is 3.96. The number of rotatable bonds is 4. The molecule has 0 radical (unpaired) electrons. The van der Waals surface area contributed by atoms with Gasteiger partial charge in [0, 0.05) is 12.6 Å². The molecule has 11 heteroatoms. The number of nitrogen functional groups attached to an aromatic ring is 1. The van der Waals surface area contributed by atoms with Crippen LogP contribution >= 0.6 is 0 Å². The monoisotopic (exact) mass is 285 g/mol. The summed E-state index contributed by atoms with van der Waals surface area (Å²) >= 11 is 0. The van der Waals surface area contributed by atoms with Crippen LogP contribution in [-0.2, 0) is 16.2 Å². The first-order valence-corrected chi connectivity index (χ1v) is 6.25. The van der Waals surface area contributed by atoms with E-state index in [1.165, 1.54) is 0 Å². The van der Waals surface area contributed by atoms with Gasteiger partial charge in [-0.2, -0.15) is 18.2 Å². The number of alkyl halides is 3. The lowest BCUT2D eigenvalue weighted by atomic mass is 10.4. The largest absolute Gasteiger partial charge is 0.433 e.